The van der Waals surface area contributed by atoms with Crippen molar-refractivity contribution < 1.29 is 17.9 Å². The van der Waals surface area contributed by atoms with E-state index in [2.05, 4.69) is 10.1 Å². The Balaban J connectivity index is 2.19. The maximum absolute atomic E-state index is 12.2. The van der Waals surface area contributed by atoms with Crippen LogP contribution >= 0.6 is 0 Å². The fourth-order valence-corrected chi connectivity index (χ4v) is 2.17. The highest BCUT2D eigenvalue weighted by Gasteiger charge is 2.32. The summed E-state index contributed by atoms with van der Waals surface area (Å²) in [5, 5.41) is 3.21. The molecule has 0 unspecified atom stereocenters. The third-order valence-corrected chi connectivity index (χ3v) is 3.07. The lowest BCUT2D eigenvalue weighted by Gasteiger charge is -2.23. The summed E-state index contributed by atoms with van der Waals surface area (Å²) in [4.78, 5) is 0. The van der Waals surface area contributed by atoms with E-state index < -0.39 is 6.36 Å². The van der Waals surface area contributed by atoms with Gasteiger partial charge in [0.25, 0.3) is 0 Å². The van der Waals surface area contributed by atoms with Gasteiger partial charge in [-0.3, -0.25) is 0 Å². The Bertz CT molecular complexity index is 414. The Labute approximate surface area is 103 Å². The number of hydrogen-bond donors (Lipinski definition) is 2. The minimum absolute atomic E-state index is 0.00464. The quantitative estimate of drug-likeness (QED) is 0.804. The molecule has 1 saturated heterocycles. The van der Waals surface area contributed by atoms with Crippen molar-refractivity contribution in [1.29, 1.82) is 0 Å². The first-order chi connectivity index (χ1) is 8.46. The lowest BCUT2D eigenvalue weighted by atomic mass is 9.90. The molecule has 1 fully saturated rings. The van der Waals surface area contributed by atoms with Gasteiger partial charge in [0.15, 0.2) is 5.75 Å². The van der Waals surface area contributed by atoms with Crippen LogP contribution in [0.2, 0.25) is 0 Å². The van der Waals surface area contributed by atoms with Gasteiger partial charge in [0.05, 0.1) is 5.69 Å². The number of hydrogen-bond acceptors (Lipinski definition) is 3. The molecule has 6 heteroatoms. The van der Waals surface area contributed by atoms with Gasteiger partial charge >= 0.3 is 6.36 Å². The van der Waals surface area contributed by atoms with Crippen molar-refractivity contribution in [1.82, 2.24) is 5.32 Å². The fourth-order valence-electron chi connectivity index (χ4n) is 2.17. The van der Waals surface area contributed by atoms with Crippen LogP contribution in [0.3, 0.4) is 0 Å². The normalized spacial score (nSPS) is 17.7. The van der Waals surface area contributed by atoms with Gasteiger partial charge in [0, 0.05) is 0 Å². The molecule has 2 rings (SSSR count). The summed E-state index contributed by atoms with van der Waals surface area (Å²) in [5.74, 6) is -0.0408. The van der Waals surface area contributed by atoms with Crippen LogP contribution in [-0.4, -0.2) is 19.5 Å². The third kappa shape index (κ3) is 3.29. The van der Waals surface area contributed by atoms with Gasteiger partial charge < -0.3 is 15.8 Å². The van der Waals surface area contributed by atoms with Gasteiger partial charge in [-0.1, -0.05) is 6.07 Å². The van der Waals surface area contributed by atoms with Crippen molar-refractivity contribution in [3.05, 3.63) is 23.8 Å². The Morgan fingerprint density at radius 2 is 1.89 bits per heavy atom. The van der Waals surface area contributed by atoms with Crippen LogP contribution in [0.25, 0.3) is 0 Å². The van der Waals surface area contributed by atoms with Crippen molar-refractivity contribution in [3.8, 4) is 5.75 Å². The molecule has 0 bridgehead atoms. The summed E-state index contributed by atoms with van der Waals surface area (Å²) in [6, 6.07) is 4.64. The molecule has 1 aliphatic heterocycles. The number of rotatable bonds is 2. The SMILES string of the molecule is Nc1ccc(C2CCNCC2)cc1OC(F)(F)F. The smallest absolute Gasteiger partial charge is 0.404 e. The highest BCUT2D eigenvalue weighted by atomic mass is 19.4. The van der Waals surface area contributed by atoms with Gasteiger partial charge in [0.2, 0.25) is 0 Å². The first kappa shape index (κ1) is 13.0. The zero-order valence-corrected chi connectivity index (χ0v) is 9.76. The molecule has 0 amide bonds. The predicted molar refractivity (Wildman–Crippen MR) is 62.4 cm³/mol. The van der Waals surface area contributed by atoms with Gasteiger partial charge in [-0.05, 0) is 49.5 Å². The minimum atomic E-state index is -4.71. The van der Waals surface area contributed by atoms with E-state index in [9.17, 15) is 13.2 Å². The highest BCUT2D eigenvalue weighted by molar-refractivity contribution is 5.54. The van der Waals surface area contributed by atoms with Crippen LogP contribution in [0.1, 0.15) is 24.3 Å². The molecule has 0 radical (unpaired) electrons. The first-order valence-corrected chi connectivity index (χ1v) is 5.81. The molecule has 3 nitrogen and oxygen atoms in total. The van der Waals surface area contributed by atoms with Gasteiger partial charge in [0.1, 0.15) is 0 Å². The molecule has 1 heterocycles. The second kappa shape index (κ2) is 5.06. The van der Waals surface area contributed by atoms with Crippen LogP contribution in [0.15, 0.2) is 18.2 Å². The summed E-state index contributed by atoms with van der Waals surface area (Å²) in [6.07, 6.45) is -2.88. The zero-order chi connectivity index (χ0) is 13.2. The Kier molecular flexibility index (Phi) is 3.65. The minimum Gasteiger partial charge on any atom is -0.404 e. The van der Waals surface area contributed by atoms with Gasteiger partial charge in [-0.2, -0.15) is 0 Å². The number of nitrogen functional groups attached to an aromatic ring is 1. The summed E-state index contributed by atoms with van der Waals surface area (Å²) in [6.45, 7) is 1.76. The summed E-state index contributed by atoms with van der Waals surface area (Å²) < 4.78 is 40.5. The molecule has 0 atom stereocenters. The summed E-state index contributed by atoms with van der Waals surface area (Å²) >= 11 is 0. The number of benzene rings is 1. The molecule has 18 heavy (non-hydrogen) atoms. The van der Waals surface area contributed by atoms with Crippen molar-refractivity contribution in [2.45, 2.75) is 25.1 Å². The number of ether oxygens (including phenoxy) is 1. The van der Waals surface area contributed by atoms with E-state index in [1.54, 1.807) is 6.07 Å². The Hall–Kier alpha value is -1.43. The topological polar surface area (TPSA) is 47.3 Å². The van der Waals surface area contributed by atoms with E-state index in [1.807, 2.05) is 0 Å². The maximum atomic E-state index is 12.2. The number of piperidine rings is 1. The average molecular weight is 260 g/mol. The number of anilines is 1. The Morgan fingerprint density at radius 1 is 1.22 bits per heavy atom. The monoisotopic (exact) mass is 260 g/mol. The van der Waals surface area contributed by atoms with Crippen LogP contribution in [-0.2, 0) is 0 Å². The highest BCUT2D eigenvalue weighted by Crippen LogP contribution is 2.33. The van der Waals surface area contributed by atoms with Crippen LogP contribution in [0.5, 0.6) is 5.75 Å². The maximum Gasteiger partial charge on any atom is 0.573 e. The van der Waals surface area contributed by atoms with Gasteiger partial charge in [-0.15, -0.1) is 13.2 Å². The second-order valence-electron chi connectivity index (χ2n) is 4.37. The molecule has 1 aromatic rings. The average Bonchev–Trinajstić information content (AvgIpc) is 2.31. The standard InChI is InChI=1S/C12H15F3N2O/c13-12(14,15)18-11-7-9(1-2-10(11)16)8-3-5-17-6-4-8/h1-2,7-8,17H,3-6,16H2. The molecular formula is C12H15F3N2O. The molecule has 3 N–H and O–H groups in total. The predicted octanol–water partition coefficient (Wildman–Crippen LogP) is 2.63. The number of alkyl halides is 3. The van der Waals surface area contributed by atoms with Crippen molar-refractivity contribution >= 4 is 5.69 Å². The first-order valence-electron chi connectivity index (χ1n) is 5.81. The van der Waals surface area contributed by atoms with Crippen molar-refractivity contribution in [2.24, 2.45) is 0 Å². The van der Waals surface area contributed by atoms with Crippen molar-refractivity contribution in [2.75, 3.05) is 18.8 Å². The lowest BCUT2D eigenvalue weighted by Crippen LogP contribution is -2.26. The van der Waals surface area contributed by atoms with E-state index in [1.165, 1.54) is 12.1 Å². The van der Waals surface area contributed by atoms with Crippen LogP contribution < -0.4 is 15.8 Å². The molecule has 0 spiro atoms. The number of halogens is 3. The second-order valence-corrected chi connectivity index (χ2v) is 4.37. The number of nitrogens with two attached hydrogens (primary N) is 1. The van der Waals surface area contributed by atoms with E-state index in [0.717, 1.165) is 31.5 Å². The largest absolute Gasteiger partial charge is 0.573 e. The molecule has 0 aromatic heterocycles. The zero-order valence-electron chi connectivity index (χ0n) is 9.76. The number of nitrogens with one attached hydrogen (secondary N) is 1. The van der Waals surface area contributed by atoms with Crippen molar-refractivity contribution in [3.63, 3.8) is 0 Å². The summed E-state index contributed by atoms with van der Waals surface area (Å²) in [5.41, 5.74) is 6.35. The van der Waals surface area contributed by atoms with E-state index in [4.69, 9.17) is 5.73 Å². The van der Waals surface area contributed by atoms with E-state index >= 15 is 0 Å². The Morgan fingerprint density at radius 3 is 2.50 bits per heavy atom. The summed E-state index contributed by atoms with van der Waals surface area (Å²) in [7, 11) is 0. The molecule has 0 aliphatic carbocycles. The molecule has 1 aromatic carbocycles. The molecule has 0 saturated carbocycles. The lowest BCUT2D eigenvalue weighted by molar-refractivity contribution is -0.274. The molecule has 100 valence electrons. The van der Waals surface area contributed by atoms with E-state index in [0.29, 0.717) is 0 Å². The third-order valence-electron chi connectivity index (χ3n) is 3.07. The van der Waals surface area contributed by atoms with Crippen LogP contribution in [0.4, 0.5) is 18.9 Å². The van der Waals surface area contributed by atoms with Gasteiger partial charge in [-0.25, -0.2) is 0 Å². The fraction of sp³-hybridized carbons (Fsp3) is 0.500. The van der Waals surface area contributed by atoms with Crippen LogP contribution in [0, 0.1) is 0 Å². The van der Waals surface area contributed by atoms with E-state index in [-0.39, 0.29) is 17.4 Å². The molecule has 1 aliphatic rings. The molecular weight excluding hydrogens is 245 g/mol.